The standard InChI is InChI=1S/C28H31N3O4/c1-35-27(33)18-24-17-25(31(28(24)34)16-6-10-21-7-3-2-4-8-21)19-26(32)30-15-5-9-22-11-13-23(20-29)14-12-22/h2-5,7-9,11-14,24-25H,6,10,15-19H2,1H3,(H,30,32)/b9-5+/t24-,25-/m0/s1. The van der Waals surface area contributed by atoms with Crippen molar-refractivity contribution in [3.05, 3.63) is 77.4 Å². The van der Waals surface area contributed by atoms with Gasteiger partial charge in [0.2, 0.25) is 11.8 Å². The topological polar surface area (TPSA) is 99.5 Å². The highest BCUT2D eigenvalue weighted by molar-refractivity contribution is 5.87. The Hall–Kier alpha value is -3.92. The molecule has 0 bridgehead atoms. The lowest BCUT2D eigenvalue weighted by Gasteiger charge is -2.24. The maximum atomic E-state index is 13.0. The van der Waals surface area contributed by atoms with E-state index in [9.17, 15) is 14.4 Å². The van der Waals surface area contributed by atoms with Gasteiger partial charge in [0.05, 0.1) is 31.1 Å². The zero-order valence-corrected chi connectivity index (χ0v) is 20.0. The van der Waals surface area contributed by atoms with Gasteiger partial charge in [0.25, 0.3) is 0 Å². The number of methoxy groups -OCH3 is 1. The van der Waals surface area contributed by atoms with Gasteiger partial charge in [0, 0.05) is 25.6 Å². The number of nitrogens with zero attached hydrogens (tertiary/aromatic N) is 2. The zero-order chi connectivity index (χ0) is 25.0. The number of benzene rings is 2. The molecule has 1 N–H and O–H groups in total. The Kier molecular flexibility index (Phi) is 9.61. The first-order valence-electron chi connectivity index (χ1n) is 11.8. The quantitative estimate of drug-likeness (QED) is 0.504. The molecule has 7 heteroatoms. The molecule has 3 rings (SSSR count). The number of nitriles is 1. The Balaban J connectivity index is 1.53. The second-order valence-electron chi connectivity index (χ2n) is 8.63. The van der Waals surface area contributed by atoms with Crippen LogP contribution in [0.1, 0.15) is 42.4 Å². The van der Waals surface area contributed by atoms with Crippen molar-refractivity contribution >= 4 is 23.9 Å². The molecule has 0 unspecified atom stereocenters. The van der Waals surface area contributed by atoms with Crippen molar-refractivity contribution in [1.29, 1.82) is 5.26 Å². The SMILES string of the molecule is COC(=O)C[C@@H]1C[C@@H](CC(=O)NC/C=C/c2ccc(C#N)cc2)N(CCCc2ccccc2)C1=O. The number of rotatable bonds is 11. The molecule has 1 fully saturated rings. The highest BCUT2D eigenvalue weighted by Crippen LogP contribution is 2.30. The molecule has 0 spiro atoms. The van der Waals surface area contributed by atoms with Crippen molar-refractivity contribution in [1.82, 2.24) is 10.2 Å². The van der Waals surface area contributed by atoms with E-state index in [1.54, 1.807) is 17.0 Å². The van der Waals surface area contributed by atoms with Gasteiger partial charge in [-0.3, -0.25) is 14.4 Å². The van der Waals surface area contributed by atoms with Crippen LogP contribution in [0.3, 0.4) is 0 Å². The van der Waals surface area contributed by atoms with E-state index in [2.05, 4.69) is 23.5 Å². The Morgan fingerprint density at radius 2 is 1.89 bits per heavy atom. The van der Waals surface area contributed by atoms with Crippen molar-refractivity contribution in [3.63, 3.8) is 0 Å². The van der Waals surface area contributed by atoms with Crippen LogP contribution < -0.4 is 5.32 Å². The lowest BCUT2D eigenvalue weighted by atomic mass is 10.00. The summed E-state index contributed by atoms with van der Waals surface area (Å²) in [5.41, 5.74) is 2.74. The number of nitrogens with one attached hydrogen (secondary N) is 1. The minimum Gasteiger partial charge on any atom is -0.469 e. The molecule has 2 atom stereocenters. The van der Waals surface area contributed by atoms with Gasteiger partial charge >= 0.3 is 5.97 Å². The summed E-state index contributed by atoms with van der Waals surface area (Å²) < 4.78 is 4.75. The fraction of sp³-hybridized carbons (Fsp3) is 0.357. The molecule has 1 saturated heterocycles. The summed E-state index contributed by atoms with van der Waals surface area (Å²) in [6.07, 6.45) is 6.04. The minimum atomic E-state index is -0.451. The third-order valence-corrected chi connectivity index (χ3v) is 6.17. The smallest absolute Gasteiger partial charge is 0.306 e. The van der Waals surface area contributed by atoms with Crippen molar-refractivity contribution in [3.8, 4) is 6.07 Å². The van der Waals surface area contributed by atoms with E-state index in [4.69, 9.17) is 10.00 Å². The van der Waals surface area contributed by atoms with E-state index in [1.807, 2.05) is 42.5 Å². The molecule has 2 aromatic rings. The Bertz CT molecular complexity index is 1070. The average molecular weight is 474 g/mol. The molecule has 2 aromatic carbocycles. The summed E-state index contributed by atoms with van der Waals surface area (Å²) in [7, 11) is 1.32. The summed E-state index contributed by atoms with van der Waals surface area (Å²) in [6, 6.07) is 19.1. The van der Waals surface area contributed by atoms with E-state index >= 15 is 0 Å². The summed E-state index contributed by atoms with van der Waals surface area (Å²) in [5.74, 6) is -1.08. The van der Waals surface area contributed by atoms with Crippen molar-refractivity contribution in [2.24, 2.45) is 5.92 Å². The molecule has 182 valence electrons. The molecule has 0 saturated carbocycles. The Labute approximate surface area is 206 Å². The molecule has 35 heavy (non-hydrogen) atoms. The molecule has 1 aliphatic heterocycles. The van der Waals surface area contributed by atoms with Gasteiger partial charge in [0.1, 0.15) is 0 Å². The Morgan fingerprint density at radius 3 is 2.57 bits per heavy atom. The van der Waals surface area contributed by atoms with Gasteiger partial charge in [-0.1, -0.05) is 54.6 Å². The molecule has 0 aromatic heterocycles. The monoisotopic (exact) mass is 473 g/mol. The van der Waals surface area contributed by atoms with Crippen molar-refractivity contribution in [2.75, 3.05) is 20.2 Å². The number of likely N-dealkylation sites (tertiary alicyclic amines) is 1. The minimum absolute atomic E-state index is 0.0377. The summed E-state index contributed by atoms with van der Waals surface area (Å²) in [4.78, 5) is 39.2. The number of aryl methyl sites for hydroxylation is 1. The fourth-order valence-corrected chi connectivity index (χ4v) is 4.33. The number of hydrogen-bond acceptors (Lipinski definition) is 5. The normalized spacial score (nSPS) is 17.4. The number of amides is 2. The first kappa shape index (κ1) is 25.7. The first-order chi connectivity index (χ1) is 17.0. The van der Waals surface area contributed by atoms with Gasteiger partial charge < -0.3 is 15.0 Å². The van der Waals surface area contributed by atoms with Crippen LogP contribution in [0.25, 0.3) is 6.08 Å². The van der Waals surface area contributed by atoms with E-state index < -0.39 is 11.9 Å². The molecule has 2 amide bonds. The molecule has 0 radical (unpaired) electrons. The number of carbonyl (C=O) groups is 3. The van der Waals surface area contributed by atoms with Crippen molar-refractivity contribution < 1.29 is 19.1 Å². The van der Waals surface area contributed by atoms with Gasteiger partial charge in [-0.15, -0.1) is 0 Å². The van der Waals surface area contributed by atoms with Gasteiger partial charge in [-0.25, -0.2) is 0 Å². The largest absolute Gasteiger partial charge is 0.469 e. The predicted molar refractivity (Wildman–Crippen MR) is 133 cm³/mol. The number of hydrogen-bond donors (Lipinski definition) is 1. The average Bonchev–Trinajstić information content (AvgIpc) is 3.16. The van der Waals surface area contributed by atoms with E-state index in [0.29, 0.717) is 25.1 Å². The Morgan fingerprint density at radius 1 is 1.14 bits per heavy atom. The van der Waals surface area contributed by atoms with E-state index in [1.165, 1.54) is 12.7 Å². The lowest BCUT2D eigenvalue weighted by molar-refractivity contribution is -0.145. The molecular formula is C28H31N3O4. The van der Waals surface area contributed by atoms with Gasteiger partial charge in [-0.05, 0) is 42.5 Å². The second kappa shape index (κ2) is 13.1. The van der Waals surface area contributed by atoms with Gasteiger partial charge in [0.15, 0.2) is 0 Å². The van der Waals surface area contributed by atoms with Crippen LogP contribution >= 0.6 is 0 Å². The second-order valence-corrected chi connectivity index (χ2v) is 8.63. The van der Waals surface area contributed by atoms with Gasteiger partial charge in [-0.2, -0.15) is 5.26 Å². The molecule has 7 nitrogen and oxygen atoms in total. The van der Waals surface area contributed by atoms with Crippen LogP contribution in [0.2, 0.25) is 0 Å². The lowest BCUT2D eigenvalue weighted by Crippen LogP contribution is -2.38. The fourth-order valence-electron chi connectivity index (χ4n) is 4.33. The third-order valence-electron chi connectivity index (χ3n) is 6.17. The predicted octanol–water partition coefficient (Wildman–Crippen LogP) is 3.49. The number of carbonyl (C=O) groups excluding carboxylic acids is 3. The van der Waals surface area contributed by atoms with Crippen LogP contribution in [0.5, 0.6) is 0 Å². The third kappa shape index (κ3) is 7.82. The van der Waals surface area contributed by atoms with Crippen LogP contribution in [-0.4, -0.2) is 48.9 Å². The van der Waals surface area contributed by atoms with E-state index in [-0.39, 0.29) is 30.7 Å². The highest BCUT2D eigenvalue weighted by Gasteiger charge is 2.40. The van der Waals surface area contributed by atoms with Crippen molar-refractivity contribution in [2.45, 2.75) is 38.1 Å². The number of esters is 1. The first-order valence-corrected chi connectivity index (χ1v) is 11.8. The summed E-state index contributed by atoms with van der Waals surface area (Å²) in [6.45, 7) is 0.904. The highest BCUT2D eigenvalue weighted by atomic mass is 16.5. The zero-order valence-electron chi connectivity index (χ0n) is 20.0. The summed E-state index contributed by atoms with van der Waals surface area (Å²) in [5, 5.41) is 11.7. The molecule has 1 aliphatic rings. The molecular weight excluding hydrogens is 442 g/mol. The molecule has 0 aliphatic carbocycles. The van der Waals surface area contributed by atoms with Crippen LogP contribution in [0.4, 0.5) is 0 Å². The number of ether oxygens (including phenoxy) is 1. The van der Waals surface area contributed by atoms with Crippen LogP contribution in [0.15, 0.2) is 60.7 Å². The van der Waals surface area contributed by atoms with Crippen LogP contribution in [0, 0.1) is 17.2 Å². The maximum Gasteiger partial charge on any atom is 0.306 e. The van der Waals surface area contributed by atoms with E-state index in [0.717, 1.165) is 18.4 Å². The maximum absolute atomic E-state index is 13.0. The van der Waals surface area contributed by atoms with Crippen LogP contribution in [-0.2, 0) is 25.5 Å². The summed E-state index contributed by atoms with van der Waals surface area (Å²) >= 11 is 0. The molecule has 1 heterocycles.